The van der Waals surface area contributed by atoms with Crippen LogP contribution >= 0.6 is 23.2 Å². The molecule has 0 aliphatic rings. The average molecular weight is 343 g/mol. The number of amides is 1. The van der Waals surface area contributed by atoms with Crippen molar-refractivity contribution >= 4 is 46.2 Å². The highest BCUT2D eigenvalue weighted by Crippen LogP contribution is 2.36. The average Bonchev–Trinajstić information content (AvgIpc) is 2.50. The number of hydrogen-bond acceptors (Lipinski definition) is 5. The zero-order chi connectivity index (χ0) is 16.1. The van der Waals surface area contributed by atoms with Crippen molar-refractivity contribution in [3.05, 3.63) is 34.4 Å². The van der Waals surface area contributed by atoms with Gasteiger partial charge in [-0.3, -0.25) is 9.78 Å². The third-order valence-electron chi connectivity index (χ3n) is 2.63. The smallest absolute Gasteiger partial charge is 0.413 e. The number of hydrogen-bond donors (Lipinski definition) is 1. The van der Waals surface area contributed by atoms with Gasteiger partial charge in [-0.05, 0) is 25.1 Å². The first-order valence-electron chi connectivity index (χ1n) is 6.37. The standard InChI is InChI=1S/C14H12Cl2N2O4/c1-2-21-11(19)7-18-14(20)22-13-10(16)6-9(15)8-4-3-5-17-12(8)13/h3-6H,2,7H2,1H3,(H,18,20). The zero-order valence-corrected chi connectivity index (χ0v) is 13.1. The molecular weight excluding hydrogens is 331 g/mol. The first-order chi connectivity index (χ1) is 10.5. The summed E-state index contributed by atoms with van der Waals surface area (Å²) >= 11 is 12.1. The second-order valence-corrected chi connectivity index (χ2v) is 4.93. The number of nitrogens with one attached hydrogen (secondary N) is 1. The van der Waals surface area contributed by atoms with Gasteiger partial charge < -0.3 is 14.8 Å². The van der Waals surface area contributed by atoms with Crippen LogP contribution in [0.4, 0.5) is 4.79 Å². The summed E-state index contributed by atoms with van der Waals surface area (Å²) in [6, 6.07) is 4.89. The predicted molar refractivity (Wildman–Crippen MR) is 82.4 cm³/mol. The third-order valence-corrected chi connectivity index (χ3v) is 3.22. The molecule has 0 bridgehead atoms. The normalized spacial score (nSPS) is 10.3. The Kier molecular flexibility index (Phi) is 5.41. The van der Waals surface area contributed by atoms with E-state index in [0.29, 0.717) is 15.9 Å². The van der Waals surface area contributed by atoms with Crippen molar-refractivity contribution in [1.29, 1.82) is 0 Å². The Morgan fingerprint density at radius 3 is 2.82 bits per heavy atom. The van der Waals surface area contributed by atoms with Crippen molar-refractivity contribution < 1.29 is 19.1 Å². The number of carbonyl (C=O) groups excluding carboxylic acids is 2. The van der Waals surface area contributed by atoms with Gasteiger partial charge in [-0.25, -0.2) is 4.79 Å². The molecule has 6 nitrogen and oxygen atoms in total. The molecule has 0 aliphatic heterocycles. The van der Waals surface area contributed by atoms with Gasteiger partial charge in [-0.1, -0.05) is 23.2 Å². The summed E-state index contributed by atoms with van der Waals surface area (Å²) < 4.78 is 9.82. The number of carbonyl (C=O) groups is 2. The van der Waals surface area contributed by atoms with Gasteiger partial charge in [0.15, 0.2) is 5.75 Å². The zero-order valence-electron chi connectivity index (χ0n) is 11.6. The highest BCUT2D eigenvalue weighted by atomic mass is 35.5. The SMILES string of the molecule is CCOC(=O)CNC(=O)Oc1c(Cl)cc(Cl)c2cccnc12. The molecule has 22 heavy (non-hydrogen) atoms. The molecule has 0 saturated carbocycles. The van der Waals surface area contributed by atoms with Crippen LogP contribution in [-0.2, 0) is 9.53 Å². The van der Waals surface area contributed by atoms with Gasteiger partial charge in [0.1, 0.15) is 12.1 Å². The molecular formula is C14H12Cl2N2O4. The predicted octanol–water partition coefficient (Wildman–Crippen LogP) is 3.19. The van der Waals surface area contributed by atoms with Gasteiger partial charge in [-0.15, -0.1) is 0 Å². The summed E-state index contributed by atoms with van der Waals surface area (Å²) in [5.74, 6) is -0.493. The van der Waals surface area contributed by atoms with Gasteiger partial charge in [0.25, 0.3) is 0 Å². The van der Waals surface area contributed by atoms with E-state index in [0.717, 1.165) is 0 Å². The van der Waals surface area contributed by atoms with Crippen LogP contribution in [0.3, 0.4) is 0 Å². The number of nitrogens with zero attached hydrogens (tertiary/aromatic N) is 1. The van der Waals surface area contributed by atoms with E-state index < -0.39 is 12.1 Å². The molecule has 0 atom stereocenters. The fraction of sp³-hybridized carbons (Fsp3) is 0.214. The number of ether oxygens (including phenoxy) is 2. The number of halogens is 2. The fourth-order valence-electron chi connectivity index (χ4n) is 1.73. The number of pyridine rings is 1. The van der Waals surface area contributed by atoms with Crippen molar-refractivity contribution in [3.8, 4) is 5.75 Å². The van der Waals surface area contributed by atoms with Crippen LogP contribution in [0.1, 0.15) is 6.92 Å². The fourth-order valence-corrected chi connectivity index (χ4v) is 2.28. The monoisotopic (exact) mass is 342 g/mol. The van der Waals surface area contributed by atoms with E-state index in [4.69, 9.17) is 27.9 Å². The molecule has 8 heteroatoms. The first kappa shape index (κ1) is 16.3. The van der Waals surface area contributed by atoms with E-state index in [1.165, 1.54) is 12.3 Å². The van der Waals surface area contributed by atoms with E-state index in [1.807, 2.05) is 0 Å². The van der Waals surface area contributed by atoms with Crippen LogP contribution in [0.5, 0.6) is 5.75 Å². The maximum Gasteiger partial charge on any atom is 0.413 e. The highest BCUT2D eigenvalue weighted by Gasteiger charge is 2.16. The Morgan fingerprint density at radius 1 is 1.32 bits per heavy atom. The lowest BCUT2D eigenvalue weighted by Crippen LogP contribution is -2.33. The molecule has 0 aliphatic carbocycles. The van der Waals surface area contributed by atoms with Crippen molar-refractivity contribution in [1.82, 2.24) is 10.3 Å². The minimum absolute atomic E-state index is 0.0722. The summed E-state index contributed by atoms with van der Waals surface area (Å²) in [7, 11) is 0. The van der Waals surface area contributed by atoms with Crippen LogP contribution in [0.25, 0.3) is 10.9 Å². The molecule has 0 saturated heterocycles. The summed E-state index contributed by atoms with van der Waals surface area (Å²) in [5, 5.41) is 3.40. The molecule has 0 unspecified atom stereocenters. The molecule has 1 heterocycles. The second-order valence-electron chi connectivity index (χ2n) is 4.12. The molecule has 2 rings (SSSR count). The molecule has 1 aromatic carbocycles. The van der Waals surface area contributed by atoms with Crippen molar-refractivity contribution in [2.75, 3.05) is 13.2 Å². The maximum absolute atomic E-state index is 11.7. The highest BCUT2D eigenvalue weighted by molar-refractivity contribution is 6.39. The van der Waals surface area contributed by atoms with Crippen LogP contribution in [0.15, 0.2) is 24.4 Å². The largest absolute Gasteiger partial charge is 0.465 e. The molecule has 1 aromatic heterocycles. The minimum atomic E-state index is -0.843. The van der Waals surface area contributed by atoms with Gasteiger partial charge >= 0.3 is 12.1 Å². The summed E-state index contributed by atoms with van der Waals surface area (Å²) in [4.78, 5) is 27.0. The van der Waals surface area contributed by atoms with Crippen molar-refractivity contribution in [3.63, 3.8) is 0 Å². The lowest BCUT2D eigenvalue weighted by Gasteiger charge is -2.10. The molecule has 0 spiro atoms. The Bertz CT molecular complexity index is 721. The van der Waals surface area contributed by atoms with E-state index in [9.17, 15) is 9.59 Å². The van der Waals surface area contributed by atoms with Crippen molar-refractivity contribution in [2.24, 2.45) is 0 Å². The van der Waals surface area contributed by atoms with Gasteiger partial charge in [0.05, 0.1) is 16.7 Å². The van der Waals surface area contributed by atoms with Crippen LogP contribution in [0.2, 0.25) is 10.0 Å². The molecule has 116 valence electrons. The Labute approximate surface area is 136 Å². The summed E-state index contributed by atoms with van der Waals surface area (Å²) in [6.45, 7) is 1.60. The van der Waals surface area contributed by atoms with E-state index >= 15 is 0 Å². The van der Waals surface area contributed by atoms with Crippen LogP contribution in [-0.4, -0.2) is 30.2 Å². The molecule has 0 radical (unpaired) electrons. The minimum Gasteiger partial charge on any atom is -0.465 e. The molecule has 1 amide bonds. The Morgan fingerprint density at radius 2 is 2.09 bits per heavy atom. The van der Waals surface area contributed by atoms with E-state index in [-0.39, 0.29) is 23.9 Å². The van der Waals surface area contributed by atoms with Gasteiger partial charge in [-0.2, -0.15) is 0 Å². The molecule has 2 aromatic rings. The lowest BCUT2D eigenvalue weighted by atomic mass is 10.2. The third kappa shape index (κ3) is 3.78. The number of benzene rings is 1. The number of fused-ring (bicyclic) bond motifs is 1. The maximum atomic E-state index is 11.7. The number of rotatable bonds is 4. The second kappa shape index (κ2) is 7.29. The summed E-state index contributed by atoms with van der Waals surface area (Å²) in [5.41, 5.74) is 0.353. The lowest BCUT2D eigenvalue weighted by molar-refractivity contribution is -0.141. The van der Waals surface area contributed by atoms with Crippen LogP contribution < -0.4 is 10.1 Å². The van der Waals surface area contributed by atoms with E-state index in [1.54, 1.807) is 19.1 Å². The van der Waals surface area contributed by atoms with Crippen LogP contribution in [0, 0.1) is 0 Å². The number of aromatic nitrogens is 1. The quantitative estimate of drug-likeness (QED) is 0.863. The first-order valence-corrected chi connectivity index (χ1v) is 7.12. The Hall–Kier alpha value is -2.05. The molecule has 1 N–H and O–H groups in total. The van der Waals surface area contributed by atoms with E-state index in [2.05, 4.69) is 15.0 Å². The van der Waals surface area contributed by atoms with Gasteiger partial charge in [0.2, 0.25) is 0 Å². The number of esters is 1. The summed E-state index contributed by atoms with van der Waals surface area (Å²) in [6.07, 6.45) is 0.683. The van der Waals surface area contributed by atoms with Crippen molar-refractivity contribution in [2.45, 2.75) is 6.92 Å². The molecule has 0 fully saturated rings. The van der Waals surface area contributed by atoms with Gasteiger partial charge in [0, 0.05) is 11.6 Å². The topological polar surface area (TPSA) is 77.5 Å². The Balaban J connectivity index is 2.18.